The first-order valence-corrected chi connectivity index (χ1v) is 25.1. The Morgan fingerprint density at radius 1 is 0.935 bits per heavy atom. The van der Waals surface area contributed by atoms with Crippen molar-refractivity contribution in [3.63, 3.8) is 0 Å². The highest BCUT2D eigenvalue weighted by atomic mass is 16.6. The minimum Gasteiger partial charge on any atom is -0.392 e. The molecule has 0 aromatic heterocycles. The fourth-order valence-corrected chi connectivity index (χ4v) is 16.8. The number of nitrogens with zero attached hydrogens (tertiary/aromatic N) is 2. The van der Waals surface area contributed by atoms with Gasteiger partial charge in [0.15, 0.2) is 5.78 Å². The second-order valence-corrected chi connectivity index (χ2v) is 23.8. The highest BCUT2D eigenvalue weighted by Gasteiger charge is 2.73. The Kier molecular flexibility index (Phi) is 10.5. The Hall–Kier alpha value is -2.87. The van der Waals surface area contributed by atoms with Crippen molar-refractivity contribution in [2.45, 2.75) is 194 Å². The van der Waals surface area contributed by atoms with Gasteiger partial charge >= 0.3 is 0 Å². The molecule has 336 valence electrons. The summed E-state index contributed by atoms with van der Waals surface area (Å²) in [7, 11) is 0. The lowest BCUT2D eigenvalue weighted by Gasteiger charge is -2.70. The molecule has 1 saturated heterocycles. The third kappa shape index (κ3) is 6.44. The number of hydrogen-bond acceptors (Lipinski definition) is 7. The van der Waals surface area contributed by atoms with Crippen molar-refractivity contribution in [3.05, 3.63) is 70.1 Å². The normalized spacial score (nSPS) is 41.2. The molecule has 1 unspecified atom stereocenters. The molecule has 6 fully saturated rings. The van der Waals surface area contributed by atoms with Crippen LogP contribution in [0.25, 0.3) is 0 Å². The van der Waals surface area contributed by atoms with Crippen LogP contribution in [0.2, 0.25) is 0 Å². The van der Waals surface area contributed by atoms with Gasteiger partial charge in [-0.2, -0.15) is 0 Å². The van der Waals surface area contributed by atoms with Crippen molar-refractivity contribution in [2.75, 3.05) is 6.54 Å². The van der Waals surface area contributed by atoms with E-state index in [1.54, 1.807) is 0 Å². The van der Waals surface area contributed by atoms with Crippen LogP contribution in [0.5, 0.6) is 0 Å². The standard InChI is InChI=1S/C55H76N2O5/c1-32-24-34(27-36(25-32)35-14-10-9-11-15-35)28-37-30-57(40-20-23-56-47(37)40)31-39-46-45(33(2)26-41(58)50-51(3,4)62-50)42(59)29-54(46,7)53(6)22-18-43-52(5,49(53)48(39)61)21-19-44(60)55(43,8)38-16-12-13-17-38/h20,23-25,27,30,33,35,38-41,43,48-50,58,61H,9-19,21-22,26,28-29,31H2,1-8H3/t33-,39+,40?,41-,43-,48-,49+,50+,52+,53+,54-,55+/m1/s1. The highest BCUT2D eigenvalue weighted by molar-refractivity contribution is 6.09. The van der Waals surface area contributed by atoms with Crippen LogP contribution in [-0.2, 0) is 20.7 Å². The van der Waals surface area contributed by atoms with E-state index in [0.717, 1.165) is 55.4 Å². The van der Waals surface area contributed by atoms with Gasteiger partial charge in [0, 0.05) is 55.0 Å². The van der Waals surface area contributed by atoms with Crippen molar-refractivity contribution >= 4 is 17.3 Å². The number of epoxide rings is 1. The second-order valence-electron chi connectivity index (χ2n) is 23.8. The predicted octanol–water partition coefficient (Wildman–Crippen LogP) is 10.6. The highest BCUT2D eigenvalue weighted by Crippen LogP contribution is 2.76. The zero-order chi connectivity index (χ0) is 43.7. The largest absolute Gasteiger partial charge is 0.392 e. The molecule has 0 radical (unpaired) electrons. The molecule has 3 heterocycles. The van der Waals surface area contributed by atoms with Gasteiger partial charge in [0.1, 0.15) is 11.9 Å². The smallest absolute Gasteiger partial charge is 0.160 e. The lowest BCUT2D eigenvalue weighted by molar-refractivity contribution is -0.226. The van der Waals surface area contributed by atoms with Crippen LogP contribution in [-0.4, -0.2) is 68.9 Å². The SMILES string of the molecule is Cc1cc(CC2=CN(C[C@H]3C4=C([C@H](C)C[C@@H](O)[C@@H]5OC5(C)C)C(=O)C[C@@]4(C)[C@@]4(C)CC[C@@H]5[C@](C)(CCC(=O)[C@@]5(C)C5CCCC5)[C@@H]4[C@@H]3O)C3C=CN=C23)cc(C2CCCCC2)c1. The maximum atomic E-state index is 14.9. The fourth-order valence-electron chi connectivity index (χ4n) is 16.8. The van der Waals surface area contributed by atoms with Gasteiger partial charge in [-0.25, -0.2) is 0 Å². The van der Waals surface area contributed by atoms with Crippen LogP contribution in [0.3, 0.4) is 0 Å². The number of benzene rings is 1. The summed E-state index contributed by atoms with van der Waals surface area (Å²) in [5.41, 5.74) is 6.69. The Bertz CT molecular complexity index is 2140. The van der Waals surface area contributed by atoms with E-state index in [9.17, 15) is 19.8 Å². The lowest BCUT2D eigenvalue weighted by Crippen LogP contribution is -2.69. The third-order valence-electron chi connectivity index (χ3n) is 20.0. The molecule has 1 aromatic rings. The minimum atomic E-state index is -0.696. The molecule has 12 atom stereocenters. The lowest BCUT2D eigenvalue weighted by atomic mass is 9.34. The molecule has 0 amide bonds. The summed E-state index contributed by atoms with van der Waals surface area (Å²) in [6.45, 7) is 18.6. The maximum absolute atomic E-state index is 14.9. The number of fused-ring (bicyclic) bond motifs is 6. The average Bonchev–Trinajstić information content (AvgIpc) is 3.80. The Balaban J connectivity index is 1.04. The number of rotatable bonds is 10. The summed E-state index contributed by atoms with van der Waals surface area (Å²) < 4.78 is 5.91. The average molecular weight is 845 g/mol. The molecular weight excluding hydrogens is 769 g/mol. The number of aliphatic hydroxyl groups is 2. The molecular formula is C55H76N2O5. The van der Waals surface area contributed by atoms with E-state index in [-0.39, 0.29) is 63.4 Å². The number of ether oxygens (including phenoxy) is 1. The van der Waals surface area contributed by atoms with E-state index < -0.39 is 17.6 Å². The molecule has 0 spiro atoms. The summed E-state index contributed by atoms with van der Waals surface area (Å²) in [5.74, 6) is 1.36. The molecule has 1 aromatic carbocycles. The van der Waals surface area contributed by atoms with Gasteiger partial charge in [0.05, 0.1) is 29.6 Å². The number of carbonyl (C=O) groups is 2. The summed E-state index contributed by atoms with van der Waals surface area (Å²) in [6, 6.07) is 7.20. The van der Waals surface area contributed by atoms with E-state index in [0.29, 0.717) is 43.4 Å². The molecule has 6 aliphatic carbocycles. The maximum Gasteiger partial charge on any atom is 0.160 e. The third-order valence-corrected chi connectivity index (χ3v) is 20.0. The van der Waals surface area contributed by atoms with E-state index in [2.05, 4.69) is 76.9 Å². The van der Waals surface area contributed by atoms with Gasteiger partial charge in [-0.3, -0.25) is 14.6 Å². The number of aliphatic hydroxyl groups excluding tert-OH is 2. The summed E-state index contributed by atoms with van der Waals surface area (Å²) in [4.78, 5) is 36.7. The molecule has 7 heteroatoms. The summed E-state index contributed by atoms with van der Waals surface area (Å²) in [5, 5.41) is 25.1. The first-order chi connectivity index (χ1) is 29.4. The van der Waals surface area contributed by atoms with Crippen molar-refractivity contribution < 1.29 is 24.5 Å². The summed E-state index contributed by atoms with van der Waals surface area (Å²) >= 11 is 0. The van der Waals surface area contributed by atoms with E-state index >= 15 is 0 Å². The first kappa shape index (κ1) is 43.0. The Labute approximate surface area is 372 Å². The van der Waals surface area contributed by atoms with Gasteiger partial charge in [-0.05, 0) is 146 Å². The Morgan fingerprint density at radius 2 is 1.65 bits per heavy atom. The monoisotopic (exact) mass is 845 g/mol. The van der Waals surface area contributed by atoms with Crippen molar-refractivity contribution in [1.82, 2.24) is 4.90 Å². The van der Waals surface area contributed by atoms with Gasteiger partial charge in [0.25, 0.3) is 0 Å². The van der Waals surface area contributed by atoms with Crippen molar-refractivity contribution in [2.24, 2.45) is 56.2 Å². The molecule has 10 rings (SSSR count). The molecule has 62 heavy (non-hydrogen) atoms. The zero-order valence-electron chi connectivity index (χ0n) is 39.3. The number of hydrogen-bond donors (Lipinski definition) is 2. The fraction of sp³-hybridized carbons (Fsp3) is 0.727. The minimum absolute atomic E-state index is 0.0123. The Morgan fingerprint density at radius 3 is 2.35 bits per heavy atom. The molecule has 5 saturated carbocycles. The number of aliphatic imine (C=N–C) groups is 1. The number of ketones is 2. The zero-order valence-corrected chi connectivity index (χ0v) is 39.3. The molecule has 3 aliphatic heterocycles. The van der Waals surface area contributed by atoms with Crippen LogP contribution >= 0.6 is 0 Å². The van der Waals surface area contributed by atoms with Gasteiger partial charge in [-0.15, -0.1) is 0 Å². The van der Waals surface area contributed by atoms with E-state index in [4.69, 9.17) is 9.73 Å². The number of aryl methyl sites for hydroxylation is 1. The second kappa shape index (κ2) is 15.1. The van der Waals surface area contributed by atoms with Gasteiger partial charge < -0.3 is 19.8 Å². The van der Waals surface area contributed by atoms with Crippen LogP contribution in [0, 0.1) is 58.2 Å². The van der Waals surface area contributed by atoms with E-state index in [1.165, 1.54) is 67.2 Å². The van der Waals surface area contributed by atoms with Gasteiger partial charge in [0.2, 0.25) is 0 Å². The van der Waals surface area contributed by atoms with E-state index in [1.807, 2.05) is 20.0 Å². The van der Waals surface area contributed by atoms with Crippen LogP contribution in [0.15, 0.2) is 58.4 Å². The first-order valence-electron chi connectivity index (χ1n) is 25.1. The van der Waals surface area contributed by atoms with Crippen LogP contribution in [0.1, 0.15) is 167 Å². The molecule has 2 N–H and O–H groups in total. The van der Waals surface area contributed by atoms with Gasteiger partial charge in [-0.1, -0.05) is 90.5 Å². The number of Topliss-reactive ketones (excluding diaryl/α,β-unsaturated/α-hetero) is 2. The van der Waals surface area contributed by atoms with Crippen LogP contribution in [0.4, 0.5) is 0 Å². The molecule has 7 nitrogen and oxygen atoms in total. The molecule has 0 bridgehead atoms. The van der Waals surface area contributed by atoms with Crippen molar-refractivity contribution in [1.29, 1.82) is 0 Å². The quantitative estimate of drug-likeness (QED) is 0.228. The van der Waals surface area contributed by atoms with Crippen molar-refractivity contribution in [3.8, 4) is 0 Å². The molecule has 9 aliphatic rings. The topological polar surface area (TPSA) is 103 Å². The van der Waals surface area contributed by atoms with Crippen LogP contribution < -0.4 is 0 Å². The predicted molar refractivity (Wildman–Crippen MR) is 246 cm³/mol. The number of allylic oxidation sites excluding steroid dienone is 1. The number of carbonyl (C=O) groups excluding carboxylic acids is 2. The summed E-state index contributed by atoms with van der Waals surface area (Å²) in [6.07, 6.45) is 21.1.